The zero-order valence-corrected chi connectivity index (χ0v) is 10.4. The number of ether oxygens (including phenoxy) is 1. The number of aromatic nitrogens is 1. The first-order valence-corrected chi connectivity index (χ1v) is 7.26. The molecule has 17 heavy (non-hydrogen) atoms. The van der Waals surface area contributed by atoms with Gasteiger partial charge in [-0.25, -0.2) is 0 Å². The van der Waals surface area contributed by atoms with Gasteiger partial charge in [-0.15, -0.1) is 0 Å². The van der Waals surface area contributed by atoms with E-state index in [9.17, 15) is 8.42 Å². The quantitative estimate of drug-likeness (QED) is 0.763. The molecule has 2 heterocycles. The van der Waals surface area contributed by atoms with Gasteiger partial charge in [-0.2, -0.15) is 8.42 Å². The van der Waals surface area contributed by atoms with Crippen molar-refractivity contribution in [1.29, 1.82) is 0 Å². The molecule has 0 unspecified atom stereocenters. The van der Waals surface area contributed by atoms with E-state index < -0.39 is 10.1 Å². The fourth-order valence-electron chi connectivity index (χ4n) is 1.90. The van der Waals surface area contributed by atoms with Crippen molar-refractivity contribution in [2.24, 2.45) is 0 Å². The second kappa shape index (κ2) is 5.12. The zero-order valence-electron chi connectivity index (χ0n) is 9.57. The molecule has 94 valence electrons. The summed E-state index contributed by atoms with van der Waals surface area (Å²) in [5, 5.41) is 0. The summed E-state index contributed by atoms with van der Waals surface area (Å²) in [6.07, 6.45) is 5.20. The van der Waals surface area contributed by atoms with Crippen LogP contribution in [0.3, 0.4) is 0 Å². The molecule has 0 spiro atoms. The summed E-state index contributed by atoms with van der Waals surface area (Å²) in [4.78, 5) is 4.02. The number of pyridine rings is 1. The van der Waals surface area contributed by atoms with E-state index >= 15 is 0 Å². The fourth-order valence-corrected chi connectivity index (χ4v) is 2.57. The Balaban J connectivity index is 2.03. The van der Waals surface area contributed by atoms with Crippen LogP contribution in [0.2, 0.25) is 0 Å². The monoisotopic (exact) mass is 257 g/mol. The van der Waals surface area contributed by atoms with Gasteiger partial charge in [-0.05, 0) is 18.1 Å². The second-order valence-electron chi connectivity index (χ2n) is 4.09. The Hall–Kier alpha value is -0.980. The third kappa shape index (κ3) is 3.76. The smallest absolute Gasteiger partial charge is 0.264 e. The SMILES string of the molecule is CS(=O)(=O)O[C@H]1CCO[C@H](c2cccnc2)C1. The first-order valence-electron chi connectivity index (χ1n) is 5.44. The number of nitrogens with zero attached hydrogens (tertiary/aromatic N) is 1. The highest BCUT2D eigenvalue weighted by molar-refractivity contribution is 7.86. The predicted molar refractivity (Wildman–Crippen MR) is 61.9 cm³/mol. The molecule has 6 heteroatoms. The third-order valence-electron chi connectivity index (χ3n) is 2.60. The Morgan fingerprint density at radius 1 is 1.53 bits per heavy atom. The van der Waals surface area contributed by atoms with Crippen LogP contribution in [0.5, 0.6) is 0 Å². The van der Waals surface area contributed by atoms with Gasteiger partial charge in [-0.1, -0.05) is 6.07 Å². The summed E-state index contributed by atoms with van der Waals surface area (Å²) in [5.74, 6) is 0. The Morgan fingerprint density at radius 2 is 2.35 bits per heavy atom. The summed E-state index contributed by atoms with van der Waals surface area (Å²) >= 11 is 0. The van der Waals surface area contributed by atoms with E-state index in [0.29, 0.717) is 19.4 Å². The van der Waals surface area contributed by atoms with E-state index in [1.807, 2.05) is 12.1 Å². The van der Waals surface area contributed by atoms with Crippen LogP contribution in [-0.2, 0) is 19.0 Å². The standard InChI is InChI=1S/C11H15NO4S/c1-17(13,14)16-10-4-6-15-11(7-10)9-3-2-5-12-8-9/h2-3,5,8,10-11H,4,6-7H2,1H3/t10-,11-/m0/s1. The minimum Gasteiger partial charge on any atom is -0.373 e. The largest absolute Gasteiger partial charge is 0.373 e. The maximum Gasteiger partial charge on any atom is 0.264 e. The van der Waals surface area contributed by atoms with E-state index in [2.05, 4.69) is 4.98 Å². The summed E-state index contributed by atoms with van der Waals surface area (Å²) in [5.41, 5.74) is 0.953. The van der Waals surface area contributed by atoms with Crippen molar-refractivity contribution in [2.45, 2.75) is 25.0 Å². The van der Waals surface area contributed by atoms with Crippen LogP contribution in [0, 0.1) is 0 Å². The van der Waals surface area contributed by atoms with E-state index in [1.54, 1.807) is 12.4 Å². The molecule has 1 fully saturated rings. The van der Waals surface area contributed by atoms with Crippen molar-refractivity contribution in [3.63, 3.8) is 0 Å². The fraction of sp³-hybridized carbons (Fsp3) is 0.545. The van der Waals surface area contributed by atoms with E-state index in [-0.39, 0.29) is 12.2 Å². The highest BCUT2D eigenvalue weighted by atomic mass is 32.2. The molecule has 0 radical (unpaired) electrons. The molecule has 0 aliphatic carbocycles. The molecule has 0 amide bonds. The predicted octanol–water partition coefficient (Wildman–Crippen LogP) is 1.28. The molecule has 2 rings (SSSR count). The minimum atomic E-state index is -3.40. The second-order valence-corrected chi connectivity index (χ2v) is 5.69. The minimum absolute atomic E-state index is 0.135. The zero-order chi connectivity index (χ0) is 12.3. The molecule has 0 bridgehead atoms. The Bertz CT molecular complexity index is 460. The van der Waals surface area contributed by atoms with Crippen molar-refractivity contribution in [3.8, 4) is 0 Å². The van der Waals surface area contributed by atoms with Crippen LogP contribution >= 0.6 is 0 Å². The molecule has 1 aliphatic heterocycles. The highest BCUT2D eigenvalue weighted by Gasteiger charge is 2.27. The average Bonchev–Trinajstić information content (AvgIpc) is 2.28. The van der Waals surface area contributed by atoms with Gasteiger partial charge in [0.15, 0.2) is 0 Å². The highest BCUT2D eigenvalue weighted by Crippen LogP contribution is 2.29. The van der Waals surface area contributed by atoms with Gasteiger partial charge < -0.3 is 4.74 Å². The normalized spacial score (nSPS) is 25.7. The van der Waals surface area contributed by atoms with Gasteiger partial charge >= 0.3 is 0 Å². The van der Waals surface area contributed by atoms with Gasteiger partial charge in [0.1, 0.15) is 0 Å². The van der Waals surface area contributed by atoms with Crippen molar-refractivity contribution in [1.82, 2.24) is 4.98 Å². The van der Waals surface area contributed by atoms with Gasteiger partial charge in [0.05, 0.1) is 18.5 Å². The lowest BCUT2D eigenvalue weighted by molar-refractivity contribution is -0.0343. The maximum atomic E-state index is 11.1. The average molecular weight is 257 g/mol. The van der Waals surface area contributed by atoms with Crippen LogP contribution in [0.1, 0.15) is 24.5 Å². The van der Waals surface area contributed by atoms with Crippen molar-refractivity contribution < 1.29 is 17.3 Å². The molecular formula is C11H15NO4S. The summed E-state index contributed by atoms with van der Waals surface area (Å²) < 4.78 is 32.7. The van der Waals surface area contributed by atoms with Gasteiger partial charge in [0, 0.05) is 25.4 Å². The van der Waals surface area contributed by atoms with Crippen molar-refractivity contribution in [2.75, 3.05) is 12.9 Å². The number of rotatable bonds is 3. The van der Waals surface area contributed by atoms with Crippen molar-refractivity contribution in [3.05, 3.63) is 30.1 Å². The van der Waals surface area contributed by atoms with Crippen LogP contribution in [0.15, 0.2) is 24.5 Å². The molecule has 1 saturated heterocycles. The van der Waals surface area contributed by atoms with Gasteiger partial charge in [0.25, 0.3) is 10.1 Å². The summed E-state index contributed by atoms with van der Waals surface area (Å²) in [6, 6.07) is 3.75. The molecule has 2 atom stereocenters. The van der Waals surface area contributed by atoms with Crippen LogP contribution in [0.4, 0.5) is 0 Å². The molecule has 1 aromatic rings. The van der Waals surface area contributed by atoms with Crippen molar-refractivity contribution >= 4 is 10.1 Å². The topological polar surface area (TPSA) is 65.5 Å². The number of hydrogen-bond acceptors (Lipinski definition) is 5. The lowest BCUT2D eigenvalue weighted by Crippen LogP contribution is -2.28. The molecule has 1 aromatic heterocycles. The summed E-state index contributed by atoms with van der Waals surface area (Å²) in [6.45, 7) is 0.500. The van der Waals surface area contributed by atoms with Crippen LogP contribution in [-0.4, -0.2) is 32.4 Å². The number of hydrogen-bond donors (Lipinski definition) is 0. The Morgan fingerprint density at radius 3 is 3.00 bits per heavy atom. The molecular weight excluding hydrogens is 242 g/mol. The lowest BCUT2D eigenvalue weighted by Gasteiger charge is -2.28. The Kier molecular flexibility index (Phi) is 3.76. The summed E-state index contributed by atoms with van der Waals surface area (Å²) in [7, 11) is -3.40. The molecule has 0 N–H and O–H groups in total. The van der Waals surface area contributed by atoms with Crippen LogP contribution < -0.4 is 0 Å². The van der Waals surface area contributed by atoms with E-state index in [1.165, 1.54) is 0 Å². The maximum absolute atomic E-state index is 11.1. The first-order chi connectivity index (χ1) is 8.04. The van der Waals surface area contributed by atoms with E-state index in [0.717, 1.165) is 11.8 Å². The third-order valence-corrected chi connectivity index (χ3v) is 3.22. The van der Waals surface area contributed by atoms with Crippen LogP contribution in [0.25, 0.3) is 0 Å². The first kappa shape index (κ1) is 12.5. The lowest BCUT2D eigenvalue weighted by atomic mass is 10.0. The van der Waals surface area contributed by atoms with Gasteiger partial charge in [0.2, 0.25) is 0 Å². The molecule has 0 aromatic carbocycles. The molecule has 5 nitrogen and oxygen atoms in total. The van der Waals surface area contributed by atoms with E-state index in [4.69, 9.17) is 8.92 Å². The van der Waals surface area contributed by atoms with Gasteiger partial charge in [-0.3, -0.25) is 9.17 Å². The Labute approximate surface area is 101 Å². The molecule has 0 saturated carbocycles. The molecule has 1 aliphatic rings.